The first-order chi connectivity index (χ1) is 15.1. The van der Waals surface area contributed by atoms with Crippen LogP contribution < -0.4 is 20.3 Å². The van der Waals surface area contributed by atoms with Gasteiger partial charge >= 0.3 is 0 Å². The molecule has 2 aromatic carbocycles. The Balaban J connectivity index is 1.39. The minimum Gasteiger partial charge on any atom is -0.494 e. The number of rotatable bonds is 7. The van der Waals surface area contributed by atoms with E-state index in [0.29, 0.717) is 23.8 Å². The molecule has 1 aliphatic heterocycles. The molecule has 1 aliphatic rings. The fourth-order valence-corrected chi connectivity index (χ4v) is 3.55. The molecule has 7 nitrogen and oxygen atoms in total. The van der Waals surface area contributed by atoms with Crippen LogP contribution in [0.15, 0.2) is 54.6 Å². The first-order valence-electron chi connectivity index (χ1n) is 10.6. The van der Waals surface area contributed by atoms with Crippen molar-refractivity contribution in [3.05, 3.63) is 65.9 Å². The average molecular weight is 418 g/mol. The lowest BCUT2D eigenvalue weighted by atomic mass is 10.2. The lowest BCUT2D eigenvalue weighted by Gasteiger charge is -2.17. The molecule has 160 valence electrons. The summed E-state index contributed by atoms with van der Waals surface area (Å²) in [6.45, 7) is 6.58. The summed E-state index contributed by atoms with van der Waals surface area (Å²) in [6.07, 6.45) is 2.41. The molecule has 0 spiro atoms. The first kappa shape index (κ1) is 20.7. The molecule has 2 N–H and O–H groups in total. The van der Waals surface area contributed by atoms with Crippen molar-refractivity contribution < 1.29 is 9.53 Å². The predicted molar refractivity (Wildman–Crippen MR) is 124 cm³/mol. The number of carbonyl (C=O) groups excluding carboxylic acids is 1. The molecule has 4 rings (SSSR count). The summed E-state index contributed by atoms with van der Waals surface area (Å²) in [7, 11) is 0. The Labute approximate surface area is 182 Å². The van der Waals surface area contributed by atoms with E-state index in [0.717, 1.165) is 36.0 Å². The summed E-state index contributed by atoms with van der Waals surface area (Å²) in [4.78, 5) is 23.9. The van der Waals surface area contributed by atoms with Crippen molar-refractivity contribution in [3.63, 3.8) is 0 Å². The molecule has 1 saturated heterocycles. The second-order valence-electron chi connectivity index (χ2n) is 7.50. The van der Waals surface area contributed by atoms with Crippen molar-refractivity contribution in [1.29, 1.82) is 0 Å². The van der Waals surface area contributed by atoms with Crippen LogP contribution in [0.25, 0.3) is 0 Å². The molecule has 7 heteroatoms. The molecule has 1 fully saturated rings. The summed E-state index contributed by atoms with van der Waals surface area (Å²) >= 11 is 0. The molecule has 0 radical (unpaired) electrons. The number of amides is 1. The monoisotopic (exact) mass is 417 g/mol. The standard InChI is InChI=1S/C24H27N5O2/c1-3-31-21-12-6-18(7-13-21)23(30)26-19-8-10-20(11-9-19)27-24-25-17(2)16-22(28-24)29-14-4-5-15-29/h6-13,16H,3-5,14-15H2,1-2H3,(H,26,30)(H,25,27,28). The van der Waals surface area contributed by atoms with Crippen LogP contribution in [-0.4, -0.2) is 35.6 Å². The molecule has 0 aliphatic carbocycles. The van der Waals surface area contributed by atoms with Gasteiger partial charge in [-0.3, -0.25) is 4.79 Å². The number of nitrogens with one attached hydrogen (secondary N) is 2. The third-order valence-electron chi connectivity index (χ3n) is 5.10. The van der Waals surface area contributed by atoms with Gasteiger partial charge in [-0.2, -0.15) is 4.98 Å². The minimum absolute atomic E-state index is 0.166. The molecular formula is C24H27N5O2. The van der Waals surface area contributed by atoms with Gasteiger partial charge in [-0.25, -0.2) is 4.98 Å². The van der Waals surface area contributed by atoms with E-state index in [1.807, 2.05) is 44.2 Å². The number of anilines is 4. The third kappa shape index (κ3) is 5.31. The predicted octanol–water partition coefficient (Wildman–Crippen LogP) is 4.78. The summed E-state index contributed by atoms with van der Waals surface area (Å²) in [6, 6.07) is 16.6. The average Bonchev–Trinajstić information content (AvgIpc) is 3.31. The summed E-state index contributed by atoms with van der Waals surface area (Å²) in [5.74, 6) is 2.13. The lowest BCUT2D eigenvalue weighted by Crippen LogP contribution is -2.19. The second kappa shape index (κ2) is 9.47. The maximum Gasteiger partial charge on any atom is 0.255 e. The van der Waals surface area contributed by atoms with E-state index < -0.39 is 0 Å². The van der Waals surface area contributed by atoms with Crippen LogP contribution in [0.4, 0.5) is 23.1 Å². The van der Waals surface area contributed by atoms with Crippen molar-refractivity contribution in [3.8, 4) is 5.75 Å². The van der Waals surface area contributed by atoms with E-state index in [1.54, 1.807) is 24.3 Å². The number of hydrogen-bond donors (Lipinski definition) is 2. The van der Waals surface area contributed by atoms with Gasteiger partial charge in [-0.15, -0.1) is 0 Å². The van der Waals surface area contributed by atoms with Crippen molar-refractivity contribution in [2.45, 2.75) is 26.7 Å². The smallest absolute Gasteiger partial charge is 0.255 e. The van der Waals surface area contributed by atoms with Gasteiger partial charge in [-0.1, -0.05) is 0 Å². The number of nitrogens with zero attached hydrogens (tertiary/aromatic N) is 3. The largest absolute Gasteiger partial charge is 0.494 e. The Hall–Kier alpha value is -3.61. The molecule has 0 bridgehead atoms. The quantitative estimate of drug-likeness (QED) is 0.576. The lowest BCUT2D eigenvalue weighted by molar-refractivity contribution is 0.102. The molecule has 2 heterocycles. The van der Waals surface area contributed by atoms with E-state index in [1.165, 1.54) is 12.8 Å². The van der Waals surface area contributed by atoms with E-state index in [2.05, 4.69) is 25.5 Å². The highest BCUT2D eigenvalue weighted by Gasteiger charge is 2.15. The van der Waals surface area contributed by atoms with E-state index in [-0.39, 0.29) is 5.91 Å². The minimum atomic E-state index is -0.166. The number of ether oxygens (including phenoxy) is 1. The van der Waals surface area contributed by atoms with Crippen molar-refractivity contribution in [1.82, 2.24) is 9.97 Å². The Morgan fingerprint density at radius 2 is 1.68 bits per heavy atom. The van der Waals surface area contributed by atoms with Gasteiger partial charge in [0.25, 0.3) is 5.91 Å². The fourth-order valence-electron chi connectivity index (χ4n) is 3.55. The van der Waals surface area contributed by atoms with E-state index in [4.69, 9.17) is 4.74 Å². The highest BCUT2D eigenvalue weighted by Crippen LogP contribution is 2.23. The van der Waals surface area contributed by atoms with Crippen molar-refractivity contribution >= 4 is 29.0 Å². The van der Waals surface area contributed by atoms with Gasteiger partial charge in [0, 0.05) is 41.8 Å². The van der Waals surface area contributed by atoms with Gasteiger partial charge < -0.3 is 20.3 Å². The zero-order valence-corrected chi connectivity index (χ0v) is 17.9. The number of hydrogen-bond acceptors (Lipinski definition) is 6. The summed E-state index contributed by atoms with van der Waals surface area (Å²) in [5.41, 5.74) is 3.08. The molecule has 3 aromatic rings. The number of aryl methyl sites for hydroxylation is 1. The Morgan fingerprint density at radius 1 is 1.00 bits per heavy atom. The number of carbonyl (C=O) groups is 1. The zero-order chi connectivity index (χ0) is 21.6. The summed E-state index contributed by atoms with van der Waals surface area (Å²) in [5, 5.41) is 6.17. The SMILES string of the molecule is CCOc1ccc(C(=O)Nc2ccc(Nc3nc(C)cc(N4CCCC4)n3)cc2)cc1. The second-order valence-corrected chi connectivity index (χ2v) is 7.50. The summed E-state index contributed by atoms with van der Waals surface area (Å²) < 4.78 is 5.41. The van der Waals surface area contributed by atoms with Crippen LogP contribution in [0.1, 0.15) is 35.8 Å². The topological polar surface area (TPSA) is 79.4 Å². The third-order valence-corrected chi connectivity index (χ3v) is 5.10. The van der Waals surface area contributed by atoms with Crippen LogP contribution in [0.2, 0.25) is 0 Å². The number of benzene rings is 2. The molecule has 31 heavy (non-hydrogen) atoms. The van der Waals surface area contributed by atoms with Crippen LogP contribution in [-0.2, 0) is 0 Å². The van der Waals surface area contributed by atoms with E-state index in [9.17, 15) is 4.79 Å². The van der Waals surface area contributed by atoms with Crippen LogP contribution in [0.3, 0.4) is 0 Å². The molecule has 1 aromatic heterocycles. The Morgan fingerprint density at radius 3 is 2.35 bits per heavy atom. The van der Waals surface area contributed by atoms with Gasteiger partial charge in [-0.05, 0) is 75.2 Å². The number of aromatic nitrogens is 2. The van der Waals surface area contributed by atoms with Crippen LogP contribution in [0, 0.1) is 6.92 Å². The maximum atomic E-state index is 12.5. The maximum absolute atomic E-state index is 12.5. The van der Waals surface area contributed by atoms with Gasteiger partial charge in [0.05, 0.1) is 6.61 Å². The normalized spacial score (nSPS) is 13.2. The zero-order valence-electron chi connectivity index (χ0n) is 17.9. The molecule has 1 amide bonds. The van der Waals surface area contributed by atoms with Crippen molar-refractivity contribution in [2.75, 3.05) is 35.2 Å². The Kier molecular flexibility index (Phi) is 6.31. The first-order valence-corrected chi connectivity index (χ1v) is 10.6. The molecule has 0 saturated carbocycles. The highest BCUT2D eigenvalue weighted by atomic mass is 16.5. The highest BCUT2D eigenvalue weighted by molar-refractivity contribution is 6.04. The Bertz CT molecular complexity index is 1030. The van der Waals surface area contributed by atoms with Gasteiger partial charge in [0.2, 0.25) is 5.95 Å². The van der Waals surface area contributed by atoms with Crippen LogP contribution >= 0.6 is 0 Å². The molecular weight excluding hydrogens is 390 g/mol. The van der Waals surface area contributed by atoms with Crippen molar-refractivity contribution in [2.24, 2.45) is 0 Å². The van der Waals surface area contributed by atoms with Gasteiger partial charge in [0.15, 0.2) is 0 Å². The molecule has 0 atom stereocenters. The molecule has 0 unspecified atom stereocenters. The van der Waals surface area contributed by atoms with Gasteiger partial charge in [0.1, 0.15) is 11.6 Å². The fraction of sp³-hybridized carbons (Fsp3) is 0.292. The van der Waals surface area contributed by atoms with Crippen LogP contribution in [0.5, 0.6) is 5.75 Å². The van der Waals surface area contributed by atoms with E-state index >= 15 is 0 Å².